The van der Waals surface area contributed by atoms with E-state index in [0.29, 0.717) is 21.6 Å². The maximum Gasteiger partial charge on any atom is 0.237 e. The smallest absolute Gasteiger partial charge is 0.237 e. The molecule has 23 heavy (non-hydrogen) atoms. The molecule has 1 aromatic heterocycles. The van der Waals surface area contributed by atoms with Crippen LogP contribution in [0.25, 0.3) is 0 Å². The van der Waals surface area contributed by atoms with Crippen LogP contribution in [-0.4, -0.2) is 33.4 Å². The third-order valence-electron chi connectivity index (χ3n) is 3.24. The molecule has 1 atom stereocenters. The molecular formula is C15H19ClN4O2S. The predicted octanol–water partition coefficient (Wildman–Crippen LogP) is 3.46. The monoisotopic (exact) mass is 354 g/mol. The summed E-state index contributed by atoms with van der Waals surface area (Å²) in [6.45, 7) is 5.66. The van der Waals surface area contributed by atoms with Gasteiger partial charge >= 0.3 is 0 Å². The van der Waals surface area contributed by atoms with Gasteiger partial charge < -0.3 is 10.1 Å². The van der Waals surface area contributed by atoms with Gasteiger partial charge in [-0.05, 0) is 25.5 Å². The minimum atomic E-state index is -0.351. The molecule has 0 aliphatic heterocycles. The highest BCUT2D eigenvalue weighted by molar-refractivity contribution is 8.00. The first-order valence-corrected chi connectivity index (χ1v) is 8.43. The molecule has 0 fully saturated rings. The molecule has 0 spiro atoms. The highest BCUT2D eigenvalue weighted by atomic mass is 35.5. The number of aryl methyl sites for hydroxylation is 2. The van der Waals surface area contributed by atoms with E-state index >= 15 is 0 Å². The number of carbonyl (C=O) groups excluding carboxylic acids is 1. The third-order valence-corrected chi connectivity index (χ3v) is 4.60. The van der Waals surface area contributed by atoms with Crippen LogP contribution in [0, 0.1) is 6.92 Å². The SMILES string of the molecule is CCc1nc(S[C@H](C)C(=O)Nc2cc(C)c(Cl)cc2OC)n[nH]1. The van der Waals surface area contributed by atoms with Crippen molar-refractivity contribution < 1.29 is 9.53 Å². The Morgan fingerprint density at radius 3 is 2.87 bits per heavy atom. The maximum absolute atomic E-state index is 12.4. The van der Waals surface area contributed by atoms with E-state index in [-0.39, 0.29) is 11.2 Å². The Hall–Kier alpha value is -1.73. The number of thioether (sulfide) groups is 1. The molecule has 1 heterocycles. The van der Waals surface area contributed by atoms with Crippen LogP contribution >= 0.6 is 23.4 Å². The van der Waals surface area contributed by atoms with Crippen molar-refractivity contribution in [2.75, 3.05) is 12.4 Å². The second-order valence-electron chi connectivity index (χ2n) is 4.97. The van der Waals surface area contributed by atoms with Crippen LogP contribution in [0.1, 0.15) is 25.2 Å². The highest BCUT2D eigenvalue weighted by Crippen LogP contribution is 2.31. The van der Waals surface area contributed by atoms with Crippen molar-refractivity contribution in [2.45, 2.75) is 37.6 Å². The predicted molar refractivity (Wildman–Crippen MR) is 92.5 cm³/mol. The van der Waals surface area contributed by atoms with Gasteiger partial charge in [-0.25, -0.2) is 4.98 Å². The Balaban J connectivity index is 2.07. The number of aromatic amines is 1. The van der Waals surface area contributed by atoms with Crippen molar-refractivity contribution in [2.24, 2.45) is 0 Å². The number of amides is 1. The number of nitrogens with zero attached hydrogens (tertiary/aromatic N) is 2. The zero-order chi connectivity index (χ0) is 17.0. The Morgan fingerprint density at radius 2 is 2.26 bits per heavy atom. The molecular weight excluding hydrogens is 336 g/mol. The number of nitrogens with one attached hydrogen (secondary N) is 2. The van der Waals surface area contributed by atoms with Gasteiger partial charge in [0.15, 0.2) is 0 Å². The lowest BCUT2D eigenvalue weighted by Gasteiger charge is -2.14. The molecule has 0 radical (unpaired) electrons. The second kappa shape index (κ2) is 7.70. The fraction of sp³-hybridized carbons (Fsp3) is 0.400. The first-order chi connectivity index (χ1) is 10.9. The van der Waals surface area contributed by atoms with Crippen molar-refractivity contribution >= 4 is 35.0 Å². The molecule has 2 N–H and O–H groups in total. The highest BCUT2D eigenvalue weighted by Gasteiger charge is 2.19. The fourth-order valence-corrected chi connectivity index (χ4v) is 2.76. The zero-order valence-corrected chi connectivity index (χ0v) is 15.0. The summed E-state index contributed by atoms with van der Waals surface area (Å²) in [4.78, 5) is 16.7. The van der Waals surface area contributed by atoms with Crippen molar-refractivity contribution in [3.63, 3.8) is 0 Å². The Kier molecular flexibility index (Phi) is 5.90. The number of H-pyrrole nitrogens is 1. The lowest BCUT2D eigenvalue weighted by Crippen LogP contribution is -2.23. The summed E-state index contributed by atoms with van der Waals surface area (Å²) in [6.07, 6.45) is 0.773. The number of hydrogen-bond acceptors (Lipinski definition) is 5. The van der Waals surface area contributed by atoms with Crippen LogP contribution in [0.4, 0.5) is 5.69 Å². The minimum absolute atomic E-state index is 0.155. The van der Waals surface area contributed by atoms with Crippen molar-refractivity contribution in [3.8, 4) is 5.75 Å². The summed E-state index contributed by atoms with van der Waals surface area (Å²) in [6, 6.07) is 3.48. The number of methoxy groups -OCH3 is 1. The van der Waals surface area contributed by atoms with Gasteiger partial charge in [0.2, 0.25) is 11.1 Å². The first-order valence-electron chi connectivity index (χ1n) is 7.17. The Morgan fingerprint density at radius 1 is 1.52 bits per heavy atom. The molecule has 0 bridgehead atoms. The van der Waals surface area contributed by atoms with Crippen LogP contribution in [-0.2, 0) is 11.2 Å². The normalized spacial score (nSPS) is 12.0. The number of hydrogen-bond donors (Lipinski definition) is 2. The van der Waals surface area contributed by atoms with Crippen molar-refractivity contribution in [1.82, 2.24) is 15.2 Å². The van der Waals surface area contributed by atoms with E-state index in [1.54, 1.807) is 19.1 Å². The van der Waals surface area contributed by atoms with Gasteiger partial charge in [0.1, 0.15) is 11.6 Å². The fourth-order valence-electron chi connectivity index (χ4n) is 1.86. The van der Waals surface area contributed by atoms with Gasteiger partial charge in [-0.2, -0.15) is 0 Å². The van der Waals surface area contributed by atoms with Gasteiger partial charge in [-0.3, -0.25) is 9.89 Å². The van der Waals surface area contributed by atoms with E-state index in [2.05, 4.69) is 20.5 Å². The summed E-state index contributed by atoms with van der Waals surface area (Å²) in [5.74, 6) is 1.17. The summed E-state index contributed by atoms with van der Waals surface area (Å²) >= 11 is 7.37. The summed E-state index contributed by atoms with van der Waals surface area (Å²) in [7, 11) is 1.54. The first kappa shape index (κ1) is 17.6. The second-order valence-corrected chi connectivity index (χ2v) is 6.68. The van der Waals surface area contributed by atoms with E-state index in [1.807, 2.05) is 13.8 Å². The number of rotatable bonds is 6. The van der Waals surface area contributed by atoms with E-state index in [4.69, 9.17) is 16.3 Å². The van der Waals surface area contributed by atoms with Crippen LogP contribution in [0.2, 0.25) is 5.02 Å². The average Bonchev–Trinajstić information content (AvgIpc) is 2.98. The lowest BCUT2D eigenvalue weighted by atomic mass is 10.2. The van der Waals surface area contributed by atoms with Crippen LogP contribution in [0.3, 0.4) is 0 Å². The van der Waals surface area contributed by atoms with E-state index in [9.17, 15) is 4.79 Å². The summed E-state index contributed by atoms with van der Waals surface area (Å²) in [5.41, 5.74) is 1.46. The molecule has 0 unspecified atom stereocenters. The Labute approximate surface area is 144 Å². The van der Waals surface area contributed by atoms with Gasteiger partial charge in [-0.15, -0.1) is 5.10 Å². The minimum Gasteiger partial charge on any atom is -0.495 e. The van der Waals surface area contributed by atoms with Crippen LogP contribution in [0.5, 0.6) is 5.75 Å². The van der Waals surface area contributed by atoms with Gasteiger partial charge in [0.05, 0.1) is 18.0 Å². The lowest BCUT2D eigenvalue weighted by molar-refractivity contribution is -0.115. The molecule has 8 heteroatoms. The maximum atomic E-state index is 12.4. The van der Waals surface area contributed by atoms with Crippen LogP contribution < -0.4 is 10.1 Å². The van der Waals surface area contributed by atoms with E-state index in [1.165, 1.54) is 18.9 Å². The van der Waals surface area contributed by atoms with Crippen molar-refractivity contribution in [1.29, 1.82) is 0 Å². The topological polar surface area (TPSA) is 79.9 Å². The number of aromatic nitrogens is 3. The average molecular weight is 355 g/mol. The molecule has 0 saturated carbocycles. The van der Waals surface area contributed by atoms with Crippen molar-refractivity contribution in [3.05, 3.63) is 28.5 Å². The molecule has 2 rings (SSSR count). The largest absolute Gasteiger partial charge is 0.495 e. The van der Waals surface area contributed by atoms with Crippen LogP contribution in [0.15, 0.2) is 17.3 Å². The molecule has 0 aliphatic carbocycles. The molecule has 0 saturated heterocycles. The number of anilines is 1. The number of benzene rings is 1. The standard InChI is InChI=1S/C15H19ClN4O2S/c1-5-13-18-15(20-19-13)23-9(3)14(21)17-11-6-8(2)10(16)7-12(11)22-4/h6-7,9H,5H2,1-4H3,(H,17,21)(H,18,19,20)/t9-/m1/s1. The van der Waals surface area contributed by atoms with Gasteiger partial charge in [-0.1, -0.05) is 30.3 Å². The summed E-state index contributed by atoms with van der Waals surface area (Å²) < 4.78 is 5.26. The van der Waals surface area contributed by atoms with E-state index in [0.717, 1.165) is 17.8 Å². The molecule has 124 valence electrons. The number of ether oxygens (including phenoxy) is 1. The molecule has 2 aromatic rings. The molecule has 1 aromatic carbocycles. The molecule has 6 nitrogen and oxygen atoms in total. The number of carbonyl (C=O) groups is 1. The molecule has 1 amide bonds. The van der Waals surface area contributed by atoms with E-state index < -0.39 is 0 Å². The van der Waals surface area contributed by atoms with Gasteiger partial charge in [0.25, 0.3) is 0 Å². The van der Waals surface area contributed by atoms with Gasteiger partial charge in [0, 0.05) is 17.5 Å². The third kappa shape index (κ3) is 4.39. The molecule has 0 aliphatic rings. The summed E-state index contributed by atoms with van der Waals surface area (Å²) in [5, 5.41) is 10.6. The zero-order valence-electron chi connectivity index (χ0n) is 13.4. The Bertz CT molecular complexity index is 705. The number of halogens is 1. The quantitative estimate of drug-likeness (QED) is 0.776.